The van der Waals surface area contributed by atoms with E-state index < -0.39 is 75.7 Å². The van der Waals surface area contributed by atoms with Gasteiger partial charge in [-0.1, -0.05) is 114 Å². The first-order valence-electron chi connectivity index (χ1n) is 21.4. The summed E-state index contributed by atoms with van der Waals surface area (Å²) in [5.41, 5.74) is 0. The van der Waals surface area contributed by atoms with Gasteiger partial charge in [0.1, 0.15) is 43.2 Å². The van der Waals surface area contributed by atoms with E-state index in [9.17, 15) is 49.4 Å². The molecular formula is C43H73O14P. The predicted octanol–water partition coefficient (Wildman–Crippen LogP) is 6.79. The lowest BCUT2D eigenvalue weighted by atomic mass is 9.85. The van der Waals surface area contributed by atoms with Crippen molar-refractivity contribution in [2.24, 2.45) is 0 Å². The molecule has 14 nitrogen and oxygen atoms in total. The largest absolute Gasteiger partial charge is 0.472 e. The number of ketones is 1. The molecule has 1 aliphatic rings. The number of hydrogen-bond donors (Lipinski definition) is 6. The second kappa shape index (κ2) is 33.2. The minimum absolute atomic E-state index is 0.00829. The lowest BCUT2D eigenvalue weighted by Gasteiger charge is -2.41. The number of phosphoric ester groups is 1. The molecule has 0 spiro atoms. The van der Waals surface area contributed by atoms with E-state index in [1.807, 2.05) is 6.08 Å². The van der Waals surface area contributed by atoms with Crippen LogP contribution < -0.4 is 0 Å². The Bertz CT molecular complexity index is 1270. The fourth-order valence-electron chi connectivity index (χ4n) is 6.07. The molecule has 3 unspecified atom stereocenters. The van der Waals surface area contributed by atoms with Crippen LogP contribution in [-0.4, -0.2) is 104 Å². The van der Waals surface area contributed by atoms with Gasteiger partial charge in [-0.2, -0.15) is 0 Å². The zero-order chi connectivity index (χ0) is 43.0. The summed E-state index contributed by atoms with van der Waals surface area (Å²) in [6.45, 7) is 3.04. The first-order valence-corrected chi connectivity index (χ1v) is 22.9. The van der Waals surface area contributed by atoms with E-state index in [4.69, 9.17) is 18.5 Å². The summed E-state index contributed by atoms with van der Waals surface area (Å²) in [4.78, 5) is 47.6. The molecule has 6 N–H and O–H groups in total. The third-order valence-electron chi connectivity index (χ3n) is 9.60. The number of esters is 2. The maximum absolute atomic E-state index is 12.8. The molecule has 0 bridgehead atoms. The van der Waals surface area contributed by atoms with Crippen molar-refractivity contribution >= 4 is 25.5 Å². The van der Waals surface area contributed by atoms with E-state index in [1.165, 1.54) is 12.8 Å². The average molecular weight is 845 g/mol. The van der Waals surface area contributed by atoms with Crippen molar-refractivity contribution in [1.29, 1.82) is 0 Å². The highest BCUT2D eigenvalue weighted by molar-refractivity contribution is 7.47. The van der Waals surface area contributed by atoms with E-state index in [1.54, 1.807) is 12.2 Å². The molecule has 0 saturated heterocycles. The summed E-state index contributed by atoms with van der Waals surface area (Å²) in [5, 5.41) is 50.0. The molecule has 1 aliphatic carbocycles. The van der Waals surface area contributed by atoms with E-state index in [2.05, 4.69) is 44.2 Å². The molecular weight excluding hydrogens is 771 g/mol. The molecule has 0 aromatic carbocycles. The number of phosphoric acid groups is 1. The van der Waals surface area contributed by atoms with Crippen LogP contribution in [0.4, 0.5) is 0 Å². The summed E-state index contributed by atoms with van der Waals surface area (Å²) in [6.07, 6.45) is 19.9. The van der Waals surface area contributed by atoms with E-state index in [0.717, 1.165) is 83.5 Å². The number of unbranched alkanes of at least 4 members (excludes halogenated alkanes) is 13. The monoisotopic (exact) mass is 844 g/mol. The van der Waals surface area contributed by atoms with Crippen molar-refractivity contribution in [3.8, 4) is 0 Å². The molecule has 0 aromatic rings. The standard InChI is InChI=1S/C43H73O14P/c1-3-5-7-9-11-12-13-14-15-16-18-22-26-30-36(45)54-32-35(33-55-58(52,53)57-43-41(50)39(48)38(47)40(49)42(43)51)56-37(46)31-27-23-19-21-25-29-34(44)28-24-20-17-10-8-6-4-2/h7,9,12-13,17,20,24,28,35,38-43,47-51H,3-6,8,10-11,14-16,18-19,21-23,25-27,29-33H2,1-2H3,(H,52,53)/b9-7-,13-12-,20-17-,28-24+/t35-,38?,39-,40+,41-,42-,43?/m1/s1. The molecule has 0 amide bonds. The maximum atomic E-state index is 12.8. The summed E-state index contributed by atoms with van der Waals surface area (Å²) in [6, 6.07) is 0. The van der Waals surface area contributed by atoms with Gasteiger partial charge in [0.05, 0.1) is 6.61 Å². The summed E-state index contributed by atoms with van der Waals surface area (Å²) >= 11 is 0. The number of rotatable bonds is 34. The van der Waals surface area contributed by atoms with Crippen molar-refractivity contribution in [2.45, 2.75) is 191 Å². The summed E-state index contributed by atoms with van der Waals surface area (Å²) in [7, 11) is -5.15. The third kappa shape index (κ3) is 25.9. The Balaban J connectivity index is 2.55. The Morgan fingerprint density at radius 3 is 1.76 bits per heavy atom. The minimum Gasteiger partial charge on any atom is -0.462 e. The van der Waals surface area contributed by atoms with Gasteiger partial charge >= 0.3 is 19.8 Å². The van der Waals surface area contributed by atoms with Crippen LogP contribution >= 0.6 is 7.82 Å². The fraction of sp³-hybridized carbons (Fsp3) is 0.744. The second-order valence-corrected chi connectivity index (χ2v) is 16.3. The molecule has 1 fully saturated rings. The van der Waals surface area contributed by atoms with Crippen molar-refractivity contribution in [3.05, 3.63) is 48.6 Å². The Morgan fingerprint density at radius 2 is 1.12 bits per heavy atom. The van der Waals surface area contributed by atoms with Crippen LogP contribution in [0, 0.1) is 0 Å². The van der Waals surface area contributed by atoms with Crippen LogP contribution in [0.15, 0.2) is 48.6 Å². The lowest BCUT2D eigenvalue weighted by molar-refractivity contribution is -0.220. The number of carbonyl (C=O) groups excluding carboxylic acids is 3. The second-order valence-electron chi connectivity index (χ2n) is 14.9. The highest BCUT2D eigenvalue weighted by Gasteiger charge is 2.51. The van der Waals surface area contributed by atoms with Gasteiger partial charge in [-0.05, 0) is 63.9 Å². The van der Waals surface area contributed by atoms with E-state index in [-0.39, 0.29) is 18.6 Å². The smallest absolute Gasteiger partial charge is 0.462 e. The Kier molecular flexibility index (Phi) is 30.6. The molecule has 0 heterocycles. The number of ether oxygens (including phenoxy) is 2. The zero-order valence-electron chi connectivity index (χ0n) is 34.8. The van der Waals surface area contributed by atoms with Crippen LogP contribution in [0.3, 0.4) is 0 Å². The highest BCUT2D eigenvalue weighted by atomic mass is 31.2. The highest BCUT2D eigenvalue weighted by Crippen LogP contribution is 2.47. The number of aliphatic hydroxyl groups is 5. The van der Waals surface area contributed by atoms with Gasteiger partial charge in [-0.3, -0.25) is 23.4 Å². The third-order valence-corrected chi connectivity index (χ3v) is 10.6. The normalized spacial score (nSPS) is 22.9. The van der Waals surface area contributed by atoms with Crippen molar-refractivity contribution in [1.82, 2.24) is 0 Å². The van der Waals surface area contributed by atoms with Gasteiger partial charge in [0, 0.05) is 19.3 Å². The Morgan fingerprint density at radius 1 is 0.586 bits per heavy atom. The zero-order valence-corrected chi connectivity index (χ0v) is 35.7. The van der Waals surface area contributed by atoms with E-state index in [0.29, 0.717) is 25.7 Å². The fourth-order valence-corrected chi connectivity index (χ4v) is 7.04. The molecule has 15 heteroatoms. The van der Waals surface area contributed by atoms with Gasteiger partial charge in [-0.25, -0.2) is 4.57 Å². The Hall–Kier alpha value is -2.52. The quantitative estimate of drug-likeness (QED) is 0.00980. The topological polar surface area (TPSA) is 227 Å². The van der Waals surface area contributed by atoms with Crippen LogP contribution in [0.1, 0.15) is 149 Å². The van der Waals surface area contributed by atoms with Gasteiger partial charge in [0.2, 0.25) is 0 Å². The molecule has 1 saturated carbocycles. The molecule has 58 heavy (non-hydrogen) atoms. The Labute approximate surface area is 346 Å². The summed E-state index contributed by atoms with van der Waals surface area (Å²) < 4.78 is 33.3. The maximum Gasteiger partial charge on any atom is 0.472 e. The first-order chi connectivity index (χ1) is 27.8. The SMILES string of the molecule is CCC/C=C\C/C=C\CCCCCCCC(=O)OC[C@H](COP(=O)(O)OC1[C@H](O)[C@H](O)C(O)[C@H](O)[C@H]1O)OC(=O)CCCCCCCC(=O)/C=C/C=C\CCCCC. The average Bonchev–Trinajstić information content (AvgIpc) is 3.20. The van der Waals surface area contributed by atoms with Crippen molar-refractivity contribution in [3.63, 3.8) is 0 Å². The number of hydrogen-bond acceptors (Lipinski definition) is 13. The van der Waals surface area contributed by atoms with Crippen LogP contribution in [-0.2, 0) is 37.5 Å². The van der Waals surface area contributed by atoms with Gasteiger partial charge < -0.3 is 39.9 Å². The van der Waals surface area contributed by atoms with E-state index >= 15 is 0 Å². The molecule has 334 valence electrons. The number of aliphatic hydroxyl groups excluding tert-OH is 5. The molecule has 0 aromatic heterocycles. The molecule has 0 radical (unpaired) electrons. The molecule has 0 aliphatic heterocycles. The van der Waals surface area contributed by atoms with Crippen molar-refractivity contribution in [2.75, 3.05) is 13.2 Å². The van der Waals surface area contributed by atoms with Crippen LogP contribution in [0.25, 0.3) is 0 Å². The number of allylic oxidation sites excluding steroid dienone is 8. The van der Waals surface area contributed by atoms with Gasteiger partial charge in [0.25, 0.3) is 0 Å². The van der Waals surface area contributed by atoms with Crippen LogP contribution in [0.2, 0.25) is 0 Å². The molecule has 8 atom stereocenters. The first kappa shape index (κ1) is 53.5. The van der Waals surface area contributed by atoms with Gasteiger partial charge in [-0.15, -0.1) is 0 Å². The summed E-state index contributed by atoms with van der Waals surface area (Å²) in [5.74, 6) is -1.15. The minimum atomic E-state index is -5.15. The van der Waals surface area contributed by atoms with Crippen molar-refractivity contribution < 1.29 is 67.9 Å². The van der Waals surface area contributed by atoms with Gasteiger partial charge in [0.15, 0.2) is 11.9 Å². The molecule has 1 rings (SSSR count). The van der Waals surface area contributed by atoms with Crippen LogP contribution in [0.5, 0.6) is 0 Å². The lowest BCUT2D eigenvalue weighted by Crippen LogP contribution is -2.64. The predicted molar refractivity (Wildman–Crippen MR) is 221 cm³/mol. The number of carbonyl (C=O) groups is 3.